The lowest BCUT2D eigenvalue weighted by molar-refractivity contribution is 0.402. The van der Waals surface area contributed by atoms with Crippen LogP contribution in [-0.2, 0) is 0 Å². The number of nitrogens with one attached hydrogen (secondary N) is 1. The van der Waals surface area contributed by atoms with Crippen LogP contribution in [0.4, 0.5) is 21.7 Å². The Balaban J connectivity index is 1.50. The molecule has 0 saturated carbocycles. The molecule has 4 aromatic heterocycles. The van der Waals surface area contributed by atoms with Crippen molar-refractivity contribution in [2.75, 3.05) is 23.3 Å². The molecule has 2 atom stereocenters. The number of halogens is 1. The lowest BCUT2D eigenvalue weighted by atomic mass is 9.96. The summed E-state index contributed by atoms with van der Waals surface area (Å²) in [6.45, 7) is 3.88. The molecular weight excluding hydrogens is 397 g/mol. The van der Waals surface area contributed by atoms with Gasteiger partial charge in [-0.05, 0) is 42.7 Å². The molecule has 0 aromatic carbocycles. The van der Waals surface area contributed by atoms with Gasteiger partial charge in [0.05, 0.1) is 17.6 Å². The first-order valence-corrected chi connectivity index (χ1v) is 10.1. The van der Waals surface area contributed by atoms with Crippen LogP contribution in [0.5, 0.6) is 0 Å². The fourth-order valence-corrected chi connectivity index (χ4v) is 4.04. The molecule has 158 valence electrons. The molecule has 1 fully saturated rings. The molecule has 4 aromatic rings. The SMILES string of the molecule is CC1C[C@H](N)CN(c2ccncc2Nc2nnc3ccc(-c4ncccc4F)nn23)C1. The molecule has 9 nitrogen and oxygen atoms in total. The van der Waals surface area contributed by atoms with Gasteiger partial charge in [-0.25, -0.2) is 4.39 Å². The fraction of sp³-hybridized carbons (Fsp3) is 0.286. The third kappa shape index (κ3) is 3.77. The maximum Gasteiger partial charge on any atom is 0.250 e. The summed E-state index contributed by atoms with van der Waals surface area (Å²) in [7, 11) is 0. The summed E-state index contributed by atoms with van der Waals surface area (Å²) in [5.41, 5.74) is 9.09. The van der Waals surface area contributed by atoms with Gasteiger partial charge in [-0.1, -0.05) is 6.92 Å². The van der Waals surface area contributed by atoms with E-state index in [-0.39, 0.29) is 11.7 Å². The zero-order valence-corrected chi connectivity index (χ0v) is 17.0. The largest absolute Gasteiger partial charge is 0.368 e. The van der Waals surface area contributed by atoms with Crippen molar-refractivity contribution in [1.29, 1.82) is 0 Å². The highest BCUT2D eigenvalue weighted by atomic mass is 19.1. The van der Waals surface area contributed by atoms with E-state index in [9.17, 15) is 4.39 Å². The van der Waals surface area contributed by atoms with Crippen LogP contribution in [-0.4, -0.2) is 48.9 Å². The summed E-state index contributed by atoms with van der Waals surface area (Å²) in [6, 6.07) is 8.37. The van der Waals surface area contributed by atoms with Crippen molar-refractivity contribution in [3.63, 3.8) is 0 Å². The van der Waals surface area contributed by atoms with Gasteiger partial charge < -0.3 is 16.0 Å². The zero-order valence-electron chi connectivity index (χ0n) is 17.0. The van der Waals surface area contributed by atoms with E-state index >= 15 is 0 Å². The number of hydrogen-bond donors (Lipinski definition) is 2. The Bertz CT molecular complexity index is 1210. The lowest BCUT2D eigenvalue weighted by Gasteiger charge is -2.37. The molecule has 3 N–H and O–H groups in total. The minimum absolute atomic E-state index is 0.121. The predicted octanol–water partition coefficient (Wildman–Crippen LogP) is 2.64. The second kappa shape index (κ2) is 7.88. The summed E-state index contributed by atoms with van der Waals surface area (Å²) >= 11 is 0. The van der Waals surface area contributed by atoms with Crippen LogP contribution < -0.4 is 16.0 Å². The first-order valence-electron chi connectivity index (χ1n) is 10.1. The van der Waals surface area contributed by atoms with E-state index in [1.54, 1.807) is 30.6 Å². The summed E-state index contributed by atoms with van der Waals surface area (Å²) in [5.74, 6) is 0.454. The van der Waals surface area contributed by atoms with Crippen LogP contribution in [0.2, 0.25) is 0 Å². The highest BCUT2D eigenvalue weighted by molar-refractivity contribution is 5.73. The van der Waals surface area contributed by atoms with E-state index in [0.29, 0.717) is 23.2 Å². The molecule has 1 unspecified atom stereocenters. The van der Waals surface area contributed by atoms with Crippen molar-refractivity contribution in [2.24, 2.45) is 11.7 Å². The second-order valence-corrected chi connectivity index (χ2v) is 7.87. The van der Waals surface area contributed by atoms with E-state index in [2.05, 4.69) is 42.4 Å². The van der Waals surface area contributed by atoms with Crippen molar-refractivity contribution < 1.29 is 4.39 Å². The number of fused-ring (bicyclic) bond motifs is 1. The Morgan fingerprint density at radius 3 is 2.87 bits per heavy atom. The smallest absolute Gasteiger partial charge is 0.250 e. The molecule has 0 radical (unpaired) electrons. The molecule has 1 saturated heterocycles. The van der Waals surface area contributed by atoms with Crippen LogP contribution in [0.1, 0.15) is 13.3 Å². The van der Waals surface area contributed by atoms with Gasteiger partial charge in [0.15, 0.2) is 11.5 Å². The van der Waals surface area contributed by atoms with E-state index in [4.69, 9.17) is 5.73 Å². The summed E-state index contributed by atoms with van der Waals surface area (Å²) in [6.07, 6.45) is 6.04. The number of nitrogens with zero attached hydrogens (tertiary/aromatic N) is 7. The number of nitrogens with two attached hydrogens (primary N) is 1. The average Bonchev–Trinajstić information content (AvgIpc) is 3.16. The van der Waals surface area contributed by atoms with Gasteiger partial charge in [-0.3, -0.25) is 9.97 Å². The first-order chi connectivity index (χ1) is 15.1. The fourth-order valence-electron chi connectivity index (χ4n) is 4.04. The van der Waals surface area contributed by atoms with Gasteiger partial charge in [0, 0.05) is 31.5 Å². The maximum atomic E-state index is 14.2. The summed E-state index contributed by atoms with van der Waals surface area (Å²) in [4.78, 5) is 10.6. The van der Waals surface area contributed by atoms with E-state index in [0.717, 1.165) is 30.9 Å². The van der Waals surface area contributed by atoms with Gasteiger partial charge in [0.2, 0.25) is 0 Å². The zero-order chi connectivity index (χ0) is 21.4. The minimum Gasteiger partial charge on any atom is -0.368 e. The molecular formula is C21H22FN9. The van der Waals surface area contributed by atoms with E-state index < -0.39 is 5.82 Å². The standard InChI is InChI=1S/C21H22FN9/c1-13-9-14(23)12-30(11-13)18-6-8-24-10-17(18)26-21-28-27-19-5-4-16(29-31(19)21)20-15(22)3-2-7-25-20/h2-8,10,13-14H,9,11-12,23H2,1H3,(H,26,28)/t13?,14-/m0/s1. The van der Waals surface area contributed by atoms with E-state index in [1.807, 2.05) is 6.07 Å². The molecule has 0 spiro atoms. The predicted molar refractivity (Wildman–Crippen MR) is 115 cm³/mol. The van der Waals surface area contributed by atoms with Crippen molar-refractivity contribution in [3.8, 4) is 11.4 Å². The summed E-state index contributed by atoms with van der Waals surface area (Å²) in [5, 5.41) is 16.2. The highest BCUT2D eigenvalue weighted by Crippen LogP contribution is 2.31. The normalized spacial score (nSPS) is 19.0. The topological polar surface area (TPSA) is 110 Å². The van der Waals surface area contributed by atoms with Gasteiger partial charge in [0.1, 0.15) is 11.4 Å². The molecule has 0 amide bonds. The second-order valence-electron chi connectivity index (χ2n) is 7.87. The Morgan fingerprint density at radius 1 is 1.13 bits per heavy atom. The van der Waals surface area contributed by atoms with Crippen molar-refractivity contribution in [3.05, 3.63) is 54.7 Å². The Kier molecular flexibility index (Phi) is 4.91. The van der Waals surface area contributed by atoms with Crippen LogP contribution in [0.15, 0.2) is 48.9 Å². The minimum atomic E-state index is -0.443. The van der Waals surface area contributed by atoms with Crippen molar-refractivity contribution >= 4 is 23.0 Å². The monoisotopic (exact) mass is 419 g/mol. The van der Waals surface area contributed by atoms with Crippen LogP contribution in [0, 0.1) is 11.7 Å². The molecule has 0 aliphatic carbocycles. The number of pyridine rings is 2. The van der Waals surface area contributed by atoms with Gasteiger partial charge in [-0.2, -0.15) is 9.61 Å². The Labute approximate surface area is 178 Å². The van der Waals surface area contributed by atoms with Gasteiger partial charge in [-0.15, -0.1) is 10.2 Å². The van der Waals surface area contributed by atoms with Crippen LogP contribution >= 0.6 is 0 Å². The number of hydrogen-bond acceptors (Lipinski definition) is 8. The van der Waals surface area contributed by atoms with Gasteiger partial charge >= 0.3 is 0 Å². The molecule has 0 bridgehead atoms. The first kappa shape index (κ1) is 19.3. The third-order valence-electron chi connectivity index (χ3n) is 5.34. The molecule has 1 aliphatic rings. The summed E-state index contributed by atoms with van der Waals surface area (Å²) < 4.78 is 15.7. The molecule has 1 aliphatic heterocycles. The molecule has 5 heterocycles. The number of piperidine rings is 1. The Hall–Kier alpha value is -3.66. The highest BCUT2D eigenvalue weighted by Gasteiger charge is 2.24. The maximum absolute atomic E-state index is 14.2. The van der Waals surface area contributed by atoms with Crippen LogP contribution in [0.3, 0.4) is 0 Å². The van der Waals surface area contributed by atoms with Crippen molar-refractivity contribution in [2.45, 2.75) is 19.4 Å². The van der Waals surface area contributed by atoms with Crippen molar-refractivity contribution in [1.82, 2.24) is 29.8 Å². The van der Waals surface area contributed by atoms with E-state index in [1.165, 1.54) is 16.8 Å². The third-order valence-corrected chi connectivity index (χ3v) is 5.34. The molecule has 5 rings (SSSR count). The van der Waals surface area contributed by atoms with Gasteiger partial charge in [0.25, 0.3) is 5.95 Å². The Morgan fingerprint density at radius 2 is 2.03 bits per heavy atom. The molecule has 10 heteroatoms. The quantitative estimate of drug-likeness (QED) is 0.519. The lowest BCUT2D eigenvalue weighted by Crippen LogP contribution is -2.46. The number of rotatable bonds is 4. The number of anilines is 3. The number of aromatic nitrogens is 6. The van der Waals surface area contributed by atoms with Crippen LogP contribution in [0.25, 0.3) is 17.0 Å². The average molecular weight is 419 g/mol. The molecule has 31 heavy (non-hydrogen) atoms.